The molecule has 70 heavy (non-hydrogen) atoms. The van der Waals surface area contributed by atoms with E-state index in [0.717, 1.165) is 64.8 Å². The maximum atomic E-state index is 5.08. The SMILES string of the molecule is CCCCc1cc[c-]cc1.CCCCc1ccc(N=Cc2nc(-c3ccccc3)cn2C)cc1.CCCCc1ccc(NC(c2ccc(CCCC)cc2)c2nc(-c3ccccc3)cn2C)cc1.[2HH].[Br-].[Mg+2]. The summed E-state index contributed by atoms with van der Waals surface area (Å²) in [4.78, 5) is 14.3. The smallest absolute Gasteiger partial charge is 1.00 e. The minimum atomic E-state index is -0.0378. The number of benzene rings is 6. The molecule has 0 aliphatic heterocycles. The molecule has 0 amide bonds. The van der Waals surface area contributed by atoms with E-state index >= 15 is 0 Å². The summed E-state index contributed by atoms with van der Waals surface area (Å²) in [5.74, 6) is 1.86. The predicted octanol–water partition coefficient (Wildman–Crippen LogP) is 12.9. The Morgan fingerprint density at radius 1 is 0.543 bits per heavy atom. The molecular formula is C62H75BrMgN6. The van der Waals surface area contributed by atoms with Gasteiger partial charge in [0.15, 0.2) is 5.82 Å². The van der Waals surface area contributed by atoms with E-state index in [1.54, 1.807) is 0 Å². The number of hydrogen-bond donors (Lipinski definition) is 1. The number of hydrogen-bond acceptors (Lipinski definition) is 4. The van der Waals surface area contributed by atoms with Gasteiger partial charge in [-0.05, 0) is 85.0 Å². The Balaban J connectivity index is 0.000000313. The van der Waals surface area contributed by atoms with Gasteiger partial charge in [-0.3, -0.25) is 4.99 Å². The third-order valence-corrected chi connectivity index (χ3v) is 12.1. The van der Waals surface area contributed by atoms with Gasteiger partial charge in [0.1, 0.15) is 11.9 Å². The van der Waals surface area contributed by atoms with Crippen molar-refractivity contribution in [1.82, 2.24) is 19.1 Å². The Bertz CT molecular complexity index is 2650. The first-order valence-corrected chi connectivity index (χ1v) is 25.1. The molecule has 0 aliphatic rings. The van der Waals surface area contributed by atoms with Gasteiger partial charge in [-0.1, -0.05) is 175 Å². The summed E-state index contributed by atoms with van der Waals surface area (Å²) in [6, 6.07) is 58.2. The normalized spacial score (nSPS) is 11.1. The molecule has 0 bridgehead atoms. The molecule has 362 valence electrons. The first kappa shape index (κ1) is 57.0. The summed E-state index contributed by atoms with van der Waals surface area (Å²) in [5, 5.41) is 3.78. The molecule has 1 N–H and O–H groups in total. The molecule has 8 aromatic rings. The van der Waals surface area contributed by atoms with Crippen LogP contribution in [0.2, 0.25) is 0 Å². The zero-order valence-electron chi connectivity index (χ0n) is 42.6. The van der Waals surface area contributed by atoms with E-state index in [2.05, 4.69) is 188 Å². The first-order valence-electron chi connectivity index (χ1n) is 25.1. The Labute approximate surface area is 448 Å². The Morgan fingerprint density at radius 3 is 1.46 bits per heavy atom. The average molecular weight is 1010 g/mol. The summed E-state index contributed by atoms with van der Waals surface area (Å²) < 4.78 is 4.15. The van der Waals surface area contributed by atoms with Gasteiger partial charge in [-0.25, -0.2) is 9.97 Å². The van der Waals surface area contributed by atoms with Crippen LogP contribution in [0.5, 0.6) is 0 Å². The predicted molar refractivity (Wildman–Crippen MR) is 297 cm³/mol. The van der Waals surface area contributed by atoms with Gasteiger partial charge in [-0.15, -0.1) is 0 Å². The van der Waals surface area contributed by atoms with Crippen molar-refractivity contribution in [2.75, 3.05) is 5.32 Å². The molecule has 0 radical (unpaired) electrons. The second kappa shape index (κ2) is 31.6. The molecule has 0 saturated carbocycles. The van der Waals surface area contributed by atoms with E-state index < -0.39 is 0 Å². The van der Waals surface area contributed by atoms with Crippen LogP contribution in [0.3, 0.4) is 0 Å². The minimum Gasteiger partial charge on any atom is -1.00 e. The summed E-state index contributed by atoms with van der Waals surface area (Å²) >= 11 is 0. The van der Waals surface area contributed by atoms with Crippen LogP contribution in [-0.4, -0.2) is 48.4 Å². The van der Waals surface area contributed by atoms with Crippen LogP contribution in [-0.2, 0) is 39.8 Å². The third-order valence-electron chi connectivity index (χ3n) is 12.1. The summed E-state index contributed by atoms with van der Waals surface area (Å²) in [5.41, 5.74) is 13.1. The molecule has 6 aromatic carbocycles. The molecule has 2 heterocycles. The number of unbranched alkanes of at least 4 members (excludes halogenated alkanes) is 4. The van der Waals surface area contributed by atoms with E-state index in [9.17, 15) is 0 Å². The maximum absolute atomic E-state index is 5.08. The zero-order valence-corrected chi connectivity index (χ0v) is 45.6. The summed E-state index contributed by atoms with van der Waals surface area (Å²) in [6.07, 6.45) is 20.5. The Kier molecular flexibility index (Phi) is 25.8. The van der Waals surface area contributed by atoms with E-state index in [1.165, 1.54) is 85.6 Å². The number of nitrogens with one attached hydrogen (secondary N) is 1. The van der Waals surface area contributed by atoms with Gasteiger partial charge in [0.2, 0.25) is 0 Å². The van der Waals surface area contributed by atoms with Crippen LogP contribution >= 0.6 is 0 Å². The molecule has 0 aliphatic carbocycles. The molecule has 1 atom stereocenters. The number of anilines is 1. The van der Waals surface area contributed by atoms with Crippen LogP contribution in [0.4, 0.5) is 11.4 Å². The van der Waals surface area contributed by atoms with Gasteiger partial charge >= 0.3 is 23.1 Å². The Hall–Kier alpha value is -5.54. The number of rotatable bonds is 20. The quantitative estimate of drug-likeness (QED) is 0.0470. The maximum Gasteiger partial charge on any atom is 2.00 e. The van der Waals surface area contributed by atoms with Gasteiger partial charge in [0, 0.05) is 44.7 Å². The van der Waals surface area contributed by atoms with Crippen LogP contribution < -0.4 is 22.3 Å². The second-order valence-electron chi connectivity index (χ2n) is 17.7. The minimum absolute atomic E-state index is 0. The Morgan fingerprint density at radius 2 is 0.971 bits per heavy atom. The number of imidazole rings is 2. The van der Waals surface area contributed by atoms with E-state index in [0.29, 0.717) is 0 Å². The molecule has 8 rings (SSSR count). The fourth-order valence-corrected chi connectivity index (χ4v) is 7.95. The van der Waals surface area contributed by atoms with Crippen molar-refractivity contribution in [2.45, 2.75) is 111 Å². The van der Waals surface area contributed by atoms with Crippen LogP contribution in [0.1, 0.15) is 126 Å². The van der Waals surface area contributed by atoms with Crippen molar-refractivity contribution in [3.8, 4) is 22.5 Å². The molecule has 2 aromatic heterocycles. The van der Waals surface area contributed by atoms with E-state index in [1.807, 2.05) is 60.4 Å². The van der Waals surface area contributed by atoms with Crippen molar-refractivity contribution in [1.29, 1.82) is 0 Å². The zero-order chi connectivity index (χ0) is 47.8. The van der Waals surface area contributed by atoms with Gasteiger partial charge in [0.25, 0.3) is 0 Å². The molecule has 0 spiro atoms. The fourth-order valence-electron chi connectivity index (χ4n) is 7.95. The average Bonchev–Trinajstić information content (AvgIpc) is 3.98. The molecule has 1 unspecified atom stereocenters. The molecule has 8 heteroatoms. The number of halogens is 1. The van der Waals surface area contributed by atoms with E-state index in [4.69, 9.17) is 4.98 Å². The topological polar surface area (TPSA) is 60.0 Å². The first-order chi connectivity index (χ1) is 33.4. The van der Waals surface area contributed by atoms with Gasteiger partial charge < -0.3 is 31.4 Å². The summed E-state index contributed by atoms with van der Waals surface area (Å²) in [7, 11) is 4.08. The van der Waals surface area contributed by atoms with Crippen LogP contribution in [0, 0.1) is 6.07 Å². The molecule has 6 nitrogen and oxygen atoms in total. The largest absolute Gasteiger partial charge is 2.00 e. The van der Waals surface area contributed by atoms with Crippen molar-refractivity contribution in [2.24, 2.45) is 19.1 Å². The van der Waals surface area contributed by atoms with Gasteiger partial charge in [0.05, 0.1) is 23.3 Å². The second-order valence-corrected chi connectivity index (χ2v) is 17.7. The number of aliphatic imine (C=N–C) groups is 1. The van der Waals surface area contributed by atoms with Gasteiger partial charge in [-0.2, -0.15) is 35.9 Å². The van der Waals surface area contributed by atoms with Crippen molar-refractivity contribution in [3.63, 3.8) is 0 Å². The van der Waals surface area contributed by atoms with Crippen LogP contribution in [0.25, 0.3) is 22.5 Å². The van der Waals surface area contributed by atoms with Crippen LogP contribution in [0.15, 0.2) is 175 Å². The summed E-state index contributed by atoms with van der Waals surface area (Å²) in [6.45, 7) is 8.92. The fraction of sp³-hybridized carbons (Fsp3) is 0.306. The van der Waals surface area contributed by atoms with Crippen molar-refractivity contribution >= 4 is 40.6 Å². The number of nitrogens with zero attached hydrogens (tertiary/aromatic N) is 5. The molecular weight excluding hydrogens is 933 g/mol. The third kappa shape index (κ3) is 18.3. The van der Waals surface area contributed by atoms with E-state index in [-0.39, 0.29) is 47.5 Å². The monoisotopic (exact) mass is 1010 g/mol. The molecule has 0 saturated heterocycles. The molecule has 0 fully saturated rings. The number of aryl methyl sites for hydroxylation is 6. The number of aromatic nitrogens is 4. The van der Waals surface area contributed by atoms with Crippen molar-refractivity contribution < 1.29 is 18.4 Å². The standard InChI is InChI=1S/C31H37N3.C21H23N3.C10H13.BrH.Mg.H2/c1-4-6-11-24-15-19-27(20-16-24)30(32-28-21-17-25(18-22-28)12-7-5-2)31-33-29(23-34(31)3)26-13-9-8-10-14-26;1-3-4-8-17-11-13-19(14-12-17)22-15-21-23-20(16-24(21)2)18-9-6-5-7-10-18;1-2-3-7-10-8-5-4-6-9-10;;;/h8-10,13-23,30,32H,4-7,11-12H2,1-3H3;5-7,9-16H,3-4,8H2,1-2H3;5-6,8-9H,2-3,7H2,1H3;1H;;1H/q;;-1;;+2;/p-1/i;;;;;1+1. The van der Waals surface area contributed by atoms with Crippen molar-refractivity contribution in [3.05, 3.63) is 216 Å².